The Balaban J connectivity index is 1.62. The number of aromatic nitrogens is 1. The van der Waals surface area contributed by atoms with Crippen LogP contribution >= 0.6 is 0 Å². The summed E-state index contributed by atoms with van der Waals surface area (Å²) in [4.78, 5) is 17.5. The molecule has 0 saturated carbocycles. The summed E-state index contributed by atoms with van der Waals surface area (Å²) in [6.45, 7) is 2.78. The fourth-order valence-corrected chi connectivity index (χ4v) is 2.86. The number of benzene rings is 2. The summed E-state index contributed by atoms with van der Waals surface area (Å²) in [7, 11) is 1.88. The first-order valence-corrected chi connectivity index (χ1v) is 7.98. The maximum atomic E-state index is 12.4. The molecule has 0 atom stereocenters. The number of hydrogen-bond donors (Lipinski definition) is 1. The number of nitrogens with one attached hydrogen (secondary N) is 1. The van der Waals surface area contributed by atoms with Crippen molar-refractivity contribution in [3.63, 3.8) is 0 Å². The molecule has 2 aromatic carbocycles. The number of hydrogen-bond acceptors (Lipinski definition) is 1. The molecule has 0 aliphatic rings. The molecule has 23 heavy (non-hydrogen) atoms. The average molecular weight is 306 g/mol. The normalized spacial score (nSPS) is 10.9. The minimum atomic E-state index is 0.166. The highest BCUT2D eigenvalue weighted by molar-refractivity contribution is 5.83. The topological polar surface area (TPSA) is 36.1 Å². The van der Waals surface area contributed by atoms with E-state index in [0.717, 1.165) is 24.0 Å². The first-order chi connectivity index (χ1) is 11.1. The molecule has 0 spiro atoms. The minimum absolute atomic E-state index is 0.166. The SMILES string of the molecule is Cc1ccccc1CC(=O)N(C)CCc1c[nH]c2ccccc12. The van der Waals surface area contributed by atoms with Gasteiger partial charge in [-0.1, -0.05) is 42.5 Å². The molecule has 0 fully saturated rings. The number of H-pyrrole nitrogens is 1. The zero-order valence-electron chi connectivity index (χ0n) is 13.7. The van der Waals surface area contributed by atoms with Crippen molar-refractivity contribution in [1.29, 1.82) is 0 Å². The molecule has 0 saturated heterocycles. The fourth-order valence-electron chi connectivity index (χ4n) is 2.86. The van der Waals surface area contributed by atoms with Crippen LogP contribution in [0.2, 0.25) is 0 Å². The molecule has 0 aliphatic heterocycles. The lowest BCUT2D eigenvalue weighted by molar-refractivity contribution is -0.129. The van der Waals surface area contributed by atoms with Crippen molar-refractivity contribution in [2.24, 2.45) is 0 Å². The highest BCUT2D eigenvalue weighted by Crippen LogP contribution is 2.18. The van der Waals surface area contributed by atoms with E-state index in [4.69, 9.17) is 0 Å². The molecule has 3 aromatic rings. The van der Waals surface area contributed by atoms with Gasteiger partial charge in [0.25, 0.3) is 0 Å². The third-order valence-electron chi connectivity index (χ3n) is 4.42. The zero-order chi connectivity index (χ0) is 16.2. The van der Waals surface area contributed by atoms with Crippen molar-refractivity contribution in [2.75, 3.05) is 13.6 Å². The zero-order valence-corrected chi connectivity index (χ0v) is 13.7. The van der Waals surface area contributed by atoms with Crippen molar-refractivity contribution >= 4 is 16.8 Å². The molecule has 0 bridgehead atoms. The number of carbonyl (C=O) groups is 1. The van der Waals surface area contributed by atoms with Gasteiger partial charge in [0, 0.05) is 30.7 Å². The Hall–Kier alpha value is -2.55. The number of likely N-dealkylation sites (N-methyl/N-ethyl adjacent to an activating group) is 1. The monoisotopic (exact) mass is 306 g/mol. The molecule has 3 nitrogen and oxygen atoms in total. The number of nitrogens with zero attached hydrogens (tertiary/aromatic N) is 1. The van der Waals surface area contributed by atoms with E-state index in [1.54, 1.807) is 0 Å². The van der Waals surface area contributed by atoms with Crippen molar-refractivity contribution in [2.45, 2.75) is 19.8 Å². The Bertz CT molecular complexity index is 819. The summed E-state index contributed by atoms with van der Waals surface area (Å²) in [5, 5.41) is 1.24. The van der Waals surface area contributed by atoms with E-state index in [1.165, 1.54) is 16.5 Å². The third kappa shape index (κ3) is 3.45. The first kappa shape index (κ1) is 15.3. The van der Waals surface area contributed by atoms with Gasteiger partial charge in [0.05, 0.1) is 6.42 Å². The van der Waals surface area contributed by atoms with Crippen molar-refractivity contribution in [1.82, 2.24) is 9.88 Å². The van der Waals surface area contributed by atoms with Gasteiger partial charge in [-0.25, -0.2) is 0 Å². The van der Waals surface area contributed by atoms with Gasteiger partial charge in [0.2, 0.25) is 5.91 Å². The second-order valence-corrected chi connectivity index (χ2v) is 6.03. The van der Waals surface area contributed by atoms with Gasteiger partial charge in [0.15, 0.2) is 0 Å². The average Bonchev–Trinajstić information content (AvgIpc) is 2.98. The largest absolute Gasteiger partial charge is 0.361 e. The molecule has 1 heterocycles. The molecular weight excluding hydrogens is 284 g/mol. The van der Waals surface area contributed by atoms with Crippen LogP contribution in [0.5, 0.6) is 0 Å². The highest BCUT2D eigenvalue weighted by Gasteiger charge is 2.12. The molecular formula is C20H22N2O. The van der Waals surface area contributed by atoms with Gasteiger partial charge < -0.3 is 9.88 Å². The standard InChI is InChI=1S/C20H22N2O/c1-15-7-3-4-8-16(15)13-20(23)22(2)12-11-17-14-21-19-10-6-5-9-18(17)19/h3-10,14,21H,11-13H2,1-2H3. The van der Waals surface area contributed by atoms with E-state index in [0.29, 0.717) is 6.42 Å². The number of amides is 1. The van der Waals surface area contributed by atoms with Crippen molar-refractivity contribution in [3.05, 3.63) is 71.4 Å². The van der Waals surface area contributed by atoms with Crippen LogP contribution < -0.4 is 0 Å². The van der Waals surface area contributed by atoms with Crippen LogP contribution in [-0.4, -0.2) is 29.4 Å². The molecule has 1 aromatic heterocycles. The van der Waals surface area contributed by atoms with Crippen LogP contribution in [0.4, 0.5) is 0 Å². The first-order valence-electron chi connectivity index (χ1n) is 7.98. The predicted octanol–water partition coefficient (Wildman–Crippen LogP) is 3.72. The Labute approximate surface area is 136 Å². The van der Waals surface area contributed by atoms with Crippen molar-refractivity contribution in [3.8, 4) is 0 Å². The lowest BCUT2D eigenvalue weighted by Gasteiger charge is -2.17. The molecule has 118 valence electrons. The van der Waals surface area contributed by atoms with E-state index >= 15 is 0 Å². The lowest BCUT2D eigenvalue weighted by atomic mass is 10.1. The van der Waals surface area contributed by atoms with Crippen LogP contribution in [0.15, 0.2) is 54.7 Å². The number of carbonyl (C=O) groups excluding carboxylic acids is 1. The second kappa shape index (κ2) is 6.69. The van der Waals surface area contributed by atoms with Gasteiger partial charge in [-0.2, -0.15) is 0 Å². The van der Waals surface area contributed by atoms with Gasteiger partial charge >= 0.3 is 0 Å². The smallest absolute Gasteiger partial charge is 0.226 e. The van der Waals surface area contributed by atoms with E-state index in [-0.39, 0.29) is 5.91 Å². The van der Waals surface area contributed by atoms with E-state index < -0.39 is 0 Å². The molecule has 1 N–H and O–H groups in total. The maximum absolute atomic E-state index is 12.4. The number of aromatic amines is 1. The molecule has 0 radical (unpaired) electrons. The Morgan fingerprint density at radius 1 is 1.04 bits per heavy atom. The van der Waals surface area contributed by atoms with Crippen LogP contribution in [0.1, 0.15) is 16.7 Å². The van der Waals surface area contributed by atoms with E-state index in [1.807, 2.05) is 48.5 Å². The number of para-hydroxylation sites is 1. The molecule has 0 unspecified atom stereocenters. The predicted molar refractivity (Wildman–Crippen MR) is 94.5 cm³/mol. The lowest BCUT2D eigenvalue weighted by Crippen LogP contribution is -2.30. The Morgan fingerprint density at radius 3 is 2.61 bits per heavy atom. The summed E-state index contributed by atoms with van der Waals surface area (Å²) in [6, 6.07) is 16.3. The van der Waals surface area contributed by atoms with Crippen LogP contribution in [-0.2, 0) is 17.6 Å². The van der Waals surface area contributed by atoms with E-state index in [2.05, 4.69) is 30.1 Å². The maximum Gasteiger partial charge on any atom is 0.226 e. The molecule has 3 heteroatoms. The number of rotatable bonds is 5. The van der Waals surface area contributed by atoms with Gasteiger partial charge in [-0.3, -0.25) is 4.79 Å². The van der Waals surface area contributed by atoms with Crippen molar-refractivity contribution < 1.29 is 4.79 Å². The van der Waals surface area contributed by atoms with Crippen LogP contribution in [0.25, 0.3) is 10.9 Å². The van der Waals surface area contributed by atoms with Crippen LogP contribution in [0.3, 0.4) is 0 Å². The summed E-state index contributed by atoms with van der Waals surface area (Å²) in [5.41, 5.74) is 4.69. The van der Waals surface area contributed by atoms with Crippen LogP contribution in [0, 0.1) is 6.92 Å². The van der Waals surface area contributed by atoms with Gasteiger partial charge in [-0.15, -0.1) is 0 Å². The van der Waals surface area contributed by atoms with Gasteiger partial charge in [-0.05, 0) is 36.1 Å². The number of aryl methyl sites for hydroxylation is 1. The molecule has 0 aliphatic carbocycles. The summed E-state index contributed by atoms with van der Waals surface area (Å²) < 4.78 is 0. The summed E-state index contributed by atoms with van der Waals surface area (Å²) in [5.74, 6) is 0.166. The Morgan fingerprint density at radius 2 is 1.78 bits per heavy atom. The molecule has 3 rings (SSSR count). The minimum Gasteiger partial charge on any atom is -0.361 e. The quantitative estimate of drug-likeness (QED) is 0.766. The third-order valence-corrected chi connectivity index (χ3v) is 4.42. The summed E-state index contributed by atoms with van der Waals surface area (Å²) >= 11 is 0. The second-order valence-electron chi connectivity index (χ2n) is 6.03. The highest BCUT2D eigenvalue weighted by atomic mass is 16.2. The Kier molecular flexibility index (Phi) is 4.47. The molecule has 1 amide bonds. The van der Waals surface area contributed by atoms with Gasteiger partial charge in [0.1, 0.15) is 0 Å². The summed E-state index contributed by atoms with van der Waals surface area (Å²) in [6.07, 6.45) is 3.38. The fraction of sp³-hybridized carbons (Fsp3) is 0.250. The van der Waals surface area contributed by atoms with E-state index in [9.17, 15) is 4.79 Å². The number of fused-ring (bicyclic) bond motifs is 1.